The fourth-order valence-electron chi connectivity index (χ4n) is 2.05. The van der Waals surface area contributed by atoms with Crippen molar-refractivity contribution in [3.05, 3.63) is 37.1 Å². The molecule has 0 saturated carbocycles. The van der Waals surface area contributed by atoms with Crippen molar-refractivity contribution in [2.24, 2.45) is 14.1 Å². The standard InChI is InChI=1S/C13H14N6/c1-18-7-10(16-8-18)12-11(13(14)19(2)17-12)9-4-3-5-15-6-9/h3-8H,14H2,1-2H3. The predicted octanol–water partition coefficient (Wildman–Crippen LogP) is 1.46. The molecule has 2 N–H and O–H groups in total. The third-order valence-electron chi connectivity index (χ3n) is 2.99. The van der Waals surface area contributed by atoms with E-state index in [1.54, 1.807) is 23.4 Å². The fraction of sp³-hybridized carbons (Fsp3) is 0.154. The Hall–Kier alpha value is -2.63. The molecule has 0 unspecified atom stereocenters. The molecule has 0 aliphatic heterocycles. The maximum Gasteiger partial charge on any atom is 0.130 e. The number of rotatable bonds is 2. The Morgan fingerprint density at radius 3 is 2.74 bits per heavy atom. The van der Waals surface area contributed by atoms with Crippen LogP contribution in [-0.4, -0.2) is 24.3 Å². The maximum absolute atomic E-state index is 6.12. The lowest BCUT2D eigenvalue weighted by molar-refractivity contribution is 0.781. The van der Waals surface area contributed by atoms with Gasteiger partial charge in [-0.1, -0.05) is 6.07 Å². The first kappa shape index (κ1) is 11.5. The summed E-state index contributed by atoms with van der Waals surface area (Å²) < 4.78 is 3.54. The number of nitrogens with zero attached hydrogens (tertiary/aromatic N) is 5. The molecule has 3 heterocycles. The van der Waals surface area contributed by atoms with E-state index in [2.05, 4.69) is 15.1 Å². The Bertz CT molecular complexity index is 710. The zero-order valence-corrected chi connectivity index (χ0v) is 10.8. The monoisotopic (exact) mass is 254 g/mol. The Balaban J connectivity index is 2.24. The molecule has 0 fully saturated rings. The van der Waals surface area contributed by atoms with Crippen molar-refractivity contribution in [1.82, 2.24) is 24.3 Å². The normalized spacial score (nSPS) is 10.8. The molecular formula is C13H14N6. The van der Waals surface area contributed by atoms with E-state index in [1.165, 1.54) is 0 Å². The highest BCUT2D eigenvalue weighted by Crippen LogP contribution is 2.34. The van der Waals surface area contributed by atoms with Crippen LogP contribution < -0.4 is 5.73 Å². The summed E-state index contributed by atoms with van der Waals surface area (Å²) in [5, 5.41) is 4.46. The van der Waals surface area contributed by atoms with Crippen molar-refractivity contribution in [1.29, 1.82) is 0 Å². The van der Waals surface area contributed by atoms with E-state index in [0.29, 0.717) is 5.82 Å². The summed E-state index contributed by atoms with van der Waals surface area (Å²) in [5.74, 6) is 0.605. The number of pyridine rings is 1. The lowest BCUT2D eigenvalue weighted by Gasteiger charge is -2.01. The molecule has 0 aliphatic carbocycles. The number of imidazole rings is 1. The Morgan fingerprint density at radius 1 is 1.26 bits per heavy atom. The predicted molar refractivity (Wildman–Crippen MR) is 73.1 cm³/mol. The van der Waals surface area contributed by atoms with Crippen LogP contribution in [0, 0.1) is 0 Å². The largest absolute Gasteiger partial charge is 0.383 e. The number of nitrogens with two attached hydrogens (primary N) is 1. The first-order valence-electron chi connectivity index (χ1n) is 5.88. The first-order valence-corrected chi connectivity index (χ1v) is 5.88. The number of aromatic nitrogens is 5. The summed E-state index contributed by atoms with van der Waals surface area (Å²) in [4.78, 5) is 8.47. The first-order chi connectivity index (χ1) is 9.16. The van der Waals surface area contributed by atoms with Gasteiger partial charge in [0.25, 0.3) is 0 Å². The zero-order valence-electron chi connectivity index (χ0n) is 10.8. The Kier molecular flexibility index (Phi) is 2.56. The summed E-state index contributed by atoms with van der Waals surface area (Å²) >= 11 is 0. The molecule has 0 spiro atoms. The third kappa shape index (κ3) is 1.87. The summed E-state index contributed by atoms with van der Waals surface area (Å²) in [6.45, 7) is 0. The van der Waals surface area contributed by atoms with Crippen LogP contribution in [-0.2, 0) is 14.1 Å². The van der Waals surface area contributed by atoms with E-state index in [0.717, 1.165) is 22.5 Å². The molecule has 0 amide bonds. The van der Waals surface area contributed by atoms with Crippen LogP contribution in [0.2, 0.25) is 0 Å². The SMILES string of the molecule is Cn1cnc(-c2nn(C)c(N)c2-c2cccnc2)c1. The minimum absolute atomic E-state index is 0.605. The second-order valence-electron chi connectivity index (χ2n) is 4.40. The van der Waals surface area contributed by atoms with Gasteiger partial charge in [0.1, 0.15) is 17.2 Å². The second-order valence-corrected chi connectivity index (χ2v) is 4.40. The highest BCUT2D eigenvalue weighted by atomic mass is 15.3. The van der Waals surface area contributed by atoms with Gasteiger partial charge >= 0.3 is 0 Å². The van der Waals surface area contributed by atoms with Crippen molar-refractivity contribution >= 4 is 5.82 Å². The van der Waals surface area contributed by atoms with E-state index in [-0.39, 0.29) is 0 Å². The van der Waals surface area contributed by atoms with Gasteiger partial charge in [-0.25, -0.2) is 4.98 Å². The molecule has 3 rings (SSSR count). The molecule has 0 saturated heterocycles. The topological polar surface area (TPSA) is 74.5 Å². The van der Waals surface area contributed by atoms with E-state index in [9.17, 15) is 0 Å². The molecule has 0 aromatic carbocycles. The van der Waals surface area contributed by atoms with Gasteiger partial charge in [0.2, 0.25) is 0 Å². The van der Waals surface area contributed by atoms with E-state index >= 15 is 0 Å². The van der Waals surface area contributed by atoms with Crippen LogP contribution in [0.15, 0.2) is 37.1 Å². The van der Waals surface area contributed by atoms with Crippen LogP contribution in [0.1, 0.15) is 0 Å². The molecule has 3 aromatic rings. The second kappa shape index (κ2) is 4.24. The Labute approximate surface area is 110 Å². The molecule has 6 nitrogen and oxygen atoms in total. The van der Waals surface area contributed by atoms with Gasteiger partial charge in [0.05, 0.1) is 11.9 Å². The highest BCUT2D eigenvalue weighted by molar-refractivity contribution is 5.86. The van der Waals surface area contributed by atoms with Crippen LogP contribution in [0.5, 0.6) is 0 Å². The number of hydrogen-bond acceptors (Lipinski definition) is 4. The van der Waals surface area contributed by atoms with Gasteiger partial charge in [-0.3, -0.25) is 9.67 Å². The molecule has 96 valence electrons. The number of nitrogen functional groups attached to an aromatic ring is 1. The average molecular weight is 254 g/mol. The molecular weight excluding hydrogens is 240 g/mol. The van der Waals surface area contributed by atoms with Gasteiger partial charge in [0, 0.05) is 38.2 Å². The molecule has 0 radical (unpaired) electrons. The van der Waals surface area contributed by atoms with Crippen LogP contribution in [0.25, 0.3) is 22.5 Å². The van der Waals surface area contributed by atoms with Gasteiger partial charge in [0.15, 0.2) is 0 Å². The Morgan fingerprint density at radius 2 is 2.11 bits per heavy atom. The van der Waals surface area contributed by atoms with Crippen molar-refractivity contribution in [2.45, 2.75) is 0 Å². The molecule has 0 bridgehead atoms. The summed E-state index contributed by atoms with van der Waals surface area (Å²) in [6, 6.07) is 3.84. The lowest BCUT2D eigenvalue weighted by atomic mass is 10.1. The van der Waals surface area contributed by atoms with Gasteiger partial charge < -0.3 is 10.3 Å². The third-order valence-corrected chi connectivity index (χ3v) is 2.99. The van der Waals surface area contributed by atoms with Gasteiger partial charge in [-0.05, 0) is 6.07 Å². The summed E-state index contributed by atoms with van der Waals surface area (Å²) in [5.41, 5.74) is 9.50. The summed E-state index contributed by atoms with van der Waals surface area (Å²) in [6.07, 6.45) is 7.17. The minimum Gasteiger partial charge on any atom is -0.383 e. The van der Waals surface area contributed by atoms with Crippen LogP contribution in [0.4, 0.5) is 5.82 Å². The van der Waals surface area contributed by atoms with Crippen LogP contribution >= 0.6 is 0 Å². The average Bonchev–Trinajstić information content (AvgIpc) is 2.96. The van der Waals surface area contributed by atoms with E-state index in [4.69, 9.17) is 5.73 Å². The summed E-state index contributed by atoms with van der Waals surface area (Å²) in [7, 11) is 3.74. The molecule has 19 heavy (non-hydrogen) atoms. The smallest absolute Gasteiger partial charge is 0.130 e. The van der Waals surface area contributed by atoms with E-state index in [1.807, 2.05) is 37.0 Å². The highest BCUT2D eigenvalue weighted by Gasteiger charge is 2.18. The van der Waals surface area contributed by atoms with Crippen molar-refractivity contribution in [3.63, 3.8) is 0 Å². The number of aryl methyl sites for hydroxylation is 2. The van der Waals surface area contributed by atoms with Crippen LogP contribution in [0.3, 0.4) is 0 Å². The molecule has 6 heteroatoms. The van der Waals surface area contributed by atoms with Crippen molar-refractivity contribution < 1.29 is 0 Å². The lowest BCUT2D eigenvalue weighted by Crippen LogP contribution is -1.98. The quantitative estimate of drug-likeness (QED) is 0.751. The molecule has 0 atom stereocenters. The minimum atomic E-state index is 0.605. The number of anilines is 1. The van der Waals surface area contributed by atoms with Gasteiger partial charge in [-0.2, -0.15) is 5.10 Å². The molecule has 3 aromatic heterocycles. The zero-order chi connectivity index (χ0) is 13.4. The van der Waals surface area contributed by atoms with Gasteiger partial charge in [-0.15, -0.1) is 0 Å². The molecule has 0 aliphatic rings. The fourth-order valence-corrected chi connectivity index (χ4v) is 2.05. The van der Waals surface area contributed by atoms with Crippen molar-refractivity contribution in [3.8, 4) is 22.5 Å². The van der Waals surface area contributed by atoms with Crippen molar-refractivity contribution in [2.75, 3.05) is 5.73 Å². The maximum atomic E-state index is 6.12. The van der Waals surface area contributed by atoms with E-state index < -0.39 is 0 Å². The number of hydrogen-bond donors (Lipinski definition) is 1.